The number of nitrogens with zero attached hydrogens (tertiary/aromatic N) is 1. The highest BCUT2D eigenvalue weighted by Crippen LogP contribution is 2.20. The van der Waals surface area contributed by atoms with E-state index in [-0.39, 0.29) is 11.9 Å². The summed E-state index contributed by atoms with van der Waals surface area (Å²) in [6, 6.07) is 7.10. The summed E-state index contributed by atoms with van der Waals surface area (Å²) in [5, 5.41) is 4.15. The van der Waals surface area contributed by atoms with Crippen LogP contribution in [-0.2, 0) is 4.74 Å². The number of benzene rings is 1. The normalized spacial score (nSPS) is 11.3. The fourth-order valence-corrected chi connectivity index (χ4v) is 2.98. The van der Waals surface area contributed by atoms with E-state index in [0.717, 1.165) is 5.56 Å². The number of hydrazone groups is 1. The second kappa shape index (κ2) is 8.11. The minimum absolute atomic E-state index is 0.313. The number of nitrogens with one attached hydrogen (secondary N) is 2. The van der Waals surface area contributed by atoms with Gasteiger partial charge >= 0.3 is 5.97 Å². The number of H-pyrrole nitrogens is 1. The number of rotatable bonds is 5. The minimum atomic E-state index is -0.370. The van der Waals surface area contributed by atoms with E-state index < -0.39 is 0 Å². The first-order valence-electron chi connectivity index (χ1n) is 7.82. The Kier molecular flexibility index (Phi) is 6.14. The number of carbonyl (C=O) groups is 2. The van der Waals surface area contributed by atoms with Crippen molar-refractivity contribution in [3.8, 4) is 0 Å². The number of hydrogen-bond acceptors (Lipinski definition) is 4. The van der Waals surface area contributed by atoms with Gasteiger partial charge in [-0.25, -0.2) is 10.2 Å². The monoisotopic (exact) mass is 405 g/mol. The quantitative estimate of drug-likeness (QED) is 0.451. The van der Waals surface area contributed by atoms with Crippen molar-refractivity contribution in [2.24, 2.45) is 5.10 Å². The molecule has 1 heterocycles. The molecule has 0 atom stereocenters. The van der Waals surface area contributed by atoms with E-state index in [1.807, 2.05) is 13.0 Å². The topological polar surface area (TPSA) is 83.6 Å². The predicted molar refractivity (Wildman–Crippen MR) is 100 cm³/mol. The molecule has 0 aliphatic heterocycles. The summed E-state index contributed by atoms with van der Waals surface area (Å²) < 4.78 is 5.77. The van der Waals surface area contributed by atoms with Crippen LogP contribution in [0.3, 0.4) is 0 Å². The number of hydrogen-bond donors (Lipinski definition) is 2. The lowest BCUT2D eigenvalue weighted by atomic mass is 10.1. The van der Waals surface area contributed by atoms with E-state index >= 15 is 0 Å². The van der Waals surface area contributed by atoms with Crippen molar-refractivity contribution < 1.29 is 14.3 Å². The summed E-state index contributed by atoms with van der Waals surface area (Å²) in [7, 11) is 0. The van der Waals surface area contributed by atoms with Crippen LogP contribution in [0.15, 0.2) is 33.8 Å². The van der Waals surface area contributed by atoms with Gasteiger partial charge < -0.3 is 9.72 Å². The van der Waals surface area contributed by atoms with Crippen LogP contribution < -0.4 is 5.43 Å². The number of amides is 1. The molecule has 0 saturated heterocycles. The van der Waals surface area contributed by atoms with Crippen LogP contribution in [0, 0.1) is 13.8 Å². The van der Waals surface area contributed by atoms with Crippen LogP contribution in [0.5, 0.6) is 0 Å². The Balaban J connectivity index is 2.23. The minimum Gasteiger partial charge on any atom is -0.462 e. The zero-order chi connectivity index (χ0) is 18.6. The van der Waals surface area contributed by atoms with Crippen LogP contribution in [0.2, 0.25) is 0 Å². The highest BCUT2D eigenvalue weighted by Gasteiger charge is 2.20. The number of ether oxygens (including phenoxy) is 1. The number of aromatic amines is 1. The third-order valence-corrected chi connectivity index (χ3v) is 4.41. The van der Waals surface area contributed by atoms with Crippen molar-refractivity contribution in [2.75, 3.05) is 6.61 Å². The van der Waals surface area contributed by atoms with Crippen LogP contribution in [0.4, 0.5) is 0 Å². The van der Waals surface area contributed by atoms with Crippen LogP contribution >= 0.6 is 15.9 Å². The van der Waals surface area contributed by atoms with E-state index in [1.165, 1.54) is 0 Å². The first kappa shape index (κ1) is 18.9. The van der Waals surface area contributed by atoms with Gasteiger partial charge in [-0.3, -0.25) is 4.79 Å². The van der Waals surface area contributed by atoms with Crippen molar-refractivity contribution in [3.05, 3.63) is 56.8 Å². The maximum absolute atomic E-state index is 12.2. The Morgan fingerprint density at radius 1 is 1.28 bits per heavy atom. The molecule has 2 aromatic rings. The van der Waals surface area contributed by atoms with Crippen molar-refractivity contribution in [3.63, 3.8) is 0 Å². The Labute approximate surface area is 154 Å². The molecule has 0 bridgehead atoms. The smallest absolute Gasteiger partial charge is 0.340 e. The zero-order valence-electron chi connectivity index (χ0n) is 14.6. The lowest BCUT2D eigenvalue weighted by Gasteiger charge is -2.05. The van der Waals surface area contributed by atoms with E-state index in [9.17, 15) is 9.59 Å². The molecule has 25 heavy (non-hydrogen) atoms. The van der Waals surface area contributed by atoms with E-state index in [4.69, 9.17) is 4.74 Å². The Hall–Kier alpha value is -2.41. The second-order valence-corrected chi connectivity index (χ2v) is 6.32. The molecule has 1 amide bonds. The molecule has 0 aliphatic carbocycles. The van der Waals surface area contributed by atoms with Crippen molar-refractivity contribution >= 4 is 33.5 Å². The van der Waals surface area contributed by atoms with Crippen molar-refractivity contribution in [2.45, 2.75) is 27.7 Å². The molecule has 0 aliphatic rings. The standard InChI is InChI=1S/C18H20BrN3O3/c1-5-25-18(24)15-10(2)16(20-11(15)3)12(4)21-22-17(23)13-8-6-7-9-14(13)19/h6-9,20H,5H2,1-4H3,(H,22,23)/b21-12+. The molecule has 7 heteroatoms. The van der Waals surface area contributed by atoms with Crippen LogP contribution in [0.25, 0.3) is 0 Å². The highest BCUT2D eigenvalue weighted by atomic mass is 79.9. The van der Waals surface area contributed by atoms with Gasteiger partial charge in [0.15, 0.2) is 0 Å². The summed E-state index contributed by atoms with van der Waals surface area (Å²) in [5.74, 6) is -0.691. The summed E-state index contributed by atoms with van der Waals surface area (Å²) >= 11 is 3.34. The van der Waals surface area contributed by atoms with Gasteiger partial charge in [0.2, 0.25) is 0 Å². The molecule has 1 aromatic heterocycles. The molecule has 0 saturated carbocycles. The van der Waals surface area contributed by atoms with Gasteiger partial charge in [-0.1, -0.05) is 12.1 Å². The average molecular weight is 406 g/mol. The fourth-order valence-electron chi connectivity index (χ4n) is 2.52. The lowest BCUT2D eigenvalue weighted by Crippen LogP contribution is -2.20. The van der Waals surface area contributed by atoms with Crippen molar-refractivity contribution in [1.82, 2.24) is 10.4 Å². The van der Waals surface area contributed by atoms with Gasteiger partial charge in [-0.05, 0) is 61.3 Å². The molecule has 1 aromatic carbocycles. The SMILES string of the molecule is CCOC(=O)c1c(C)[nH]c(/C(C)=N/NC(=O)c2ccccc2Br)c1C. The van der Waals surface area contributed by atoms with Gasteiger partial charge in [0.05, 0.1) is 29.1 Å². The van der Waals surface area contributed by atoms with E-state index in [0.29, 0.717) is 39.3 Å². The number of carbonyl (C=O) groups excluding carboxylic acids is 2. The van der Waals surface area contributed by atoms with Crippen molar-refractivity contribution in [1.29, 1.82) is 0 Å². The molecule has 0 radical (unpaired) electrons. The number of esters is 1. The molecular weight excluding hydrogens is 386 g/mol. The van der Waals surface area contributed by atoms with Gasteiger partial charge in [0, 0.05) is 10.2 Å². The van der Waals surface area contributed by atoms with Gasteiger partial charge in [-0.15, -0.1) is 0 Å². The van der Waals surface area contributed by atoms with Gasteiger partial charge in [-0.2, -0.15) is 5.10 Å². The van der Waals surface area contributed by atoms with Crippen LogP contribution in [0.1, 0.15) is 51.5 Å². The van der Waals surface area contributed by atoms with Gasteiger partial charge in [0.25, 0.3) is 5.91 Å². The average Bonchev–Trinajstić information content (AvgIpc) is 2.87. The Bertz CT molecular complexity index is 840. The number of aromatic nitrogens is 1. The molecule has 132 valence electrons. The molecule has 0 unspecified atom stereocenters. The van der Waals surface area contributed by atoms with Gasteiger partial charge in [0.1, 0.15) is 0 Å². The zero-order valence-corrected chi connectivity index (χ0v) is 16.2. The molecule has 2 N–H and O–H groups in total. The van der Waals surface area contributed by atoms with E-state index in [2.05, 4.69) is 31.4 Å². The first-order chi connectivity index (χ1) is 11.9. The first-order valence-corrected chi connectivity index (χ1v) is 8.61. The second-order valence-electron chi connectivity index (χ2n) is 5.46. The third-order valence-electron chi connectivity index (χ3n) is 3.72. The Morgan fingerprint density at radius 2 is 1.96 bits per heavy atom. The summed E-state index contributed by atoms with van der Waals surface area (Å²) in [6.45, 7) is 7.45. The molecule has 0 fully saturated rings. The van der Waals surface area contributed by atoms with Crippen LogP contribution in [-0.4, -0.2) is 29.2 Å². The maximum atomic E-state index is 12.2. The molecule has 0 spiro atoms. The summed E-state index contributed by atoms with van der Waals surface area (Å²) in [4.78, 5) is 27.4. The maximum Gasteiger partial charge on any atom is 0.340 e. The highest BCUT2D eigenvalue weighted by molar-refractivity contribution is 9.10. The third kappa shape index (κ3) is 4.17. The molecular formula is C18H20BrN3O3. The molecule has 2 rings (SSSR count). The van der Waals surface area contributed by atoms with E-state index in [1.54, 1.807) is 39.0 Å². The number of aryl methyl sites for hydroxylation is 1. The largest absolute Gasteiger partial charge is 0.462 e. The predicted octanol–water partition coefficient (Wildman–Crippen LogP) is 3.72. The fraction of sp³-hybridized carbons (Fsp3) is 0.278. The lowest BCUT2D eigenvalue weighted by molar-refractivity contribution is 0.0525. The molecule has 6 nitrogen and oxygen atoms in total. The Morgan fingerprint density at radius 3 is 2.60 bits per heavy atom. The number of halogens is 1. The summed E-state index contributed by atoms with van der Waals surface area (Å²) in [6.07, 6.45) is 0. The summed E-state index contributed by atoms with van der Waals surface area (Å²) in [5.41, 5.74) is 6.23.